The van der Waals surface area contributed by atoms with Gasteiger partial charge in [0.15, 0.2) is 5.16 Å². The Hall–Kier alpha value is -2.35. The Labute approximate surface area is 186 Å². The number of fused-ring (bicyclic) bond motifs is 3. The van der Waals surface area contributed by atoms with Crippen LogP contribution in [-0.2, 0) is 11.3 Å². The lowest BCUT2D eigenvalue weighted by Crippen LogP contribution is -2.42. The number of amides is 1. The molecule has 3 aromatic rings. The van der Waals surface area contributed by atoms with E-state index in [1.807, 2.05) is 33.6 Å². The van der Waals surface area contributed by atoms with Crippen LogP contribution in [0.15, 0.2) is 34.2 Å². The monoisotopic (exact) mass is 441 g/mol. The molecule has 0 bridgehead atoms. The van der Waals surface area contributed by atoms with Crippen LogP contribution >= 0.6 is 11.8 Å². The van der Waals surface area contributed by atoms with Crippen molar-refractivity contribution < 1.29 is 4.79 Å². The molecule has 1 aliphatic rings. The molecular formula is C23H31N5O2S. The van der Waals surface area contributed by atoms with Crippen LogP contribution < -0.4 is 5.56 Å². The highest BCUT2D eigenvalue weighted by Crippen LogP contribution is 2.25. The Morgan fingerprint density at radius 3 is 2.68 bits per heavy atom. The third kappa shape index (κ3) is 4.35. The molecule has 7 nitrogen and oxygen atoms in total. The predicted molar refractivity (Wildman–Crippen MR) is 125 cm³/mol. The maximum absolute atomic E-state index is 13.0. The SMILES string of the molecule is CCCCn1c(=O)c2ccccc2n2c(SCC(=O)N(CC)C3CCCCC3)nnc12. The Bertz CT molecular complexity index is 1120. The summed E-state index contributed by atoms with van der Waals surface area (Å²) < 4.78 is 3.65. The second kappa shape index (κ2) is 9.85. The van der Waals surface area contributed by atoms with E-state index in [0.29, 0.717) is 34.7 Å². The van der Waals surface area contributed by atoms with Crippen LogP contribution in [0.2, 0.25) is 0 Å². The second-order valence-corrected chi connectivity index (χ2v) is 9.15. The molecule has 4 rings (SSSR count). The van der Waals surface area contributed by atoms with E-state index in [4.69, 9.17) is 0 Å². The Balaban J connectivity index is 1.64. The van der Waals surface area contributed by atoms with Gasteiger partial charge < -0.3 is 4.90 Å². The molecule has 2 aromatic heterocycles. The number of para-hydroxylation sites is 1. The number of unbranched alkanes of at least 4 members (excludes halogenated alkanes) is 1. The lowest BCUT2D eigenvalue weighted by Gasteiger charge is -2.33. The zero-order valence-electron chi connectivity index (χ0n) is 18.4. The Kier molecular flexibility index (Phi) is 6.95. The van der Waals surface area contributed by atoms with Gasteiger partial charge >= 0.3 is 0 Å². The van der Waals surface area contributed by atoms with Crippen molar-refractivity contribution in [3.05, 3.63) is 34.6 Å². The molecule has 166 valence electrons. The number of carbonyl (C=O) groups is 1. The minimum Gasteiger partial charge on any atom is -0.339 e. The van der Waals surface area contributed by atoms with Crippen molar-refractivity contribution in [2.45, 2.75) is 76.5 Å². The molecule has 1 fully saturated rings. The van der Waals surface area contributed by atoms with Crippen LogP contribution in [0.3, 0.4) is 0 Å². The Morgan fingerprint density at radius 2 is 1.94 bits per heavy atom. The first kappa shape index (κ1) is 21.9. The van der Waals surface area contributed by atoms with Crippen LogP contribution in [0, 0.1) is 0 Å². The number of thioether (sulfide) groups is 1. The number of nitrogens with zero attached hydrogens (tertiary/aromatic N) is 5. The minimum atomic E-state index is -0.0361. The summed E-state index contributed by atoms with van der Waals surface area (Å²) in [5.74, 6) is 1.03. The van der Waals surface area contributed by atoms with E-state index in [0.717, 1.165) is 37.7 Å². The summed E-state index contributed by atoms with van der Waals surface area (Å²) in [7, 11) is 0. The van der Waals surface area contributed by atoms with E-state index in [1.54, 1.807) is 4.57 Å². The van der Waals surface area contributed by atoms with E-state index in [2.05, 4.69) is 24.0 Å². The van der Waals surface area contributed by atoms with E-state index in [1.165, 1.54) is 31.0 Å². The van der Waals surface area contributed by atoms with Gasteiger partial charge in [0.1, 0.15) is 0 Å². The van der Waals surface area contributed by atoms with Gasteiger partial charge in [-0.15, -0.1) is 10.2 Å². The van der Waals surface area contributed by atoms with Crippen molar-refractivity contribution in [3.8, 4) is 0 Å². The normalized spacial score (nSPS) is 15.0. The lowest BCUT2D eigenvalue weighted by molar-refractivity contribution is -0.131. The number of rotatable bonds is 8. The summed E-state index contributed by atoms with van der Waals surface area (Å²) in [6.07, 6.45) is 7.78. The fourth-order valence-corrected chi connectivity index (χ4v) is 5.41. The molecule has 0 spiro atoms. The van der Waals surface area contributed by atoms with Crippen LogP contribution in [0.25, 0.3) is 16.7 Å². The van der Waals surface area contributed by atoms with Gasteiger partial charge in [0.2, 0.25) is 11.7 Å². The maximum Gasteiger partial charge on any atom is 0.262 e. The summed E-state index contributed by atoms with van der Waals surface area (Å²) >= 11 is 1.41. The highest BCUT2D eigenvalue weighted by Gasteiger charge is 2.25. The lowest BCUT2D eigenvalue weighted by atomic mass is 9.94. The van der Waals surface area contributed by atoms with Gasteiger partial charge in [-0.1, -0.05) is 56.5 Å². The molecule has 31 heavy (non-hydrogen) atoms. The average Bonchev–Trinajstić information content (AvgIpc) is 3.23. The molecular weight excluding hydrogens is 410 g/mol. The number of hydrogen-bond acceptors (Lipinski definition) is 5. The summed E-state index contributed by atoms with van der Waals surface area (Å²) in [5.41, 5.74) is 0.751. The van der Waals surface area contributed by atoms with Crippen molar-refractivity contribution in [2.75, 3.05) is 12.3 Å². The standard InChI is InChI=1S/C23H31N5O2S/c1-3-5-15-27-21(30)18-13-9-10-14-19(18)28-22(27)24-25-23(28)31-16-20(29)26(4-2)17-11-7-6-8-12-17/h9-10,13-14,17H,3-8,11-12,15-16H2,1-2H3. The molecule has 0 atom stereocenters. The molecule has 1 amide bonds. The number of carbonyl (C=O) groups excluding carboxylic acids is 1. The van der Waals surface area contributed by atoms with E-state index in [9.17, 15) is 9.59 Å². The van der Waals surface area contributed by atoms with Crippen molar-refractivity contribution in [1.29, 1.82) is 0 Å². The Morgan fingerprint density at radius 1 is 1.16 bits per heavy atom. The number of hydrogen-bond donors (Lipinski definition) is 0. The quantitative estimate of drug-likeness (QED) is 0.492. The van der Waals surface area contributed by atoms with Crippen LogP contribution in [0.5, 0.6) is 0 Å². The predicted octanol–water partition coefficient (Wildman–Crippen LogP) is 4.12. The molecule has 8 heteroatoms. The summed E-state index contributed by atoms with van der Waals surface area (Å²) in [6, 6.07) is 7.93. The first-order chi connectivity index (χ1) is 15.2. The van der Waals surface area contributed by atoms with E-state index < -0.39 is 0 Å². The van der Waals surface area contributed by atoms with Crippen LogP contribution in [-0.4, -0.2) is 48.3 Å². The van der Waals surface area contributed by atoms with Crippen molar-refractivity contribution in [2.24, 2.45) is 0 Å². The topological polar surface area (TPSA) is 72.5 Å². The van der Waals surface area contributed by atoms with Gasteiger partial charge in [-0.05, 0) is 38.3 Å². The highest BCUT2D eigenvalue weighted by atomic mass is 32.2. The van der Waals surface area contributed by atoms with Gasteiger partial charge in [0.05, 0.1) is 16.7 Å². The van der Waals surface area contributed by atoms with Gasteiger partial charge in [-0.3, -0.25) is 18.6 Å². The zero-order valence-corrected chi connectivity index (χ0v) is 19.2. The summed E-state index contributed by atoms with van der Waals surface area (Å²) in [5, 5.41) is 10.0. The summed E-state index contributed by atoms with van der Waals surface area (Å²) in [4.78, 5) is 28.1. The summed E-state index contributed by atoms with van der Waals surface area (Å²) in [6.45, 7) is 5.51. The largest absolute Gasteiger partial charge is 0.339 e. The number of aryl methyl sites for hydroxylation is 1. The zero-order chi connectivity index (χ0) is 21.8. The van der Waals surface area contributed by atoms with Crippen molar-refractivity contribution >= 4 is 34.3 Å². The van der Waals surface area contributed by atoms with Crippen molar-refractivity contribution in [3.63, 3.8) is 0 Å². The second-order valence-electron chi connectivity index (χ2n) is 8.21. The number of benzene rings is 1. The van der Waals surface area contributed by atoms with Gasteiger partial charge in [0, 0.05) is 19.1 Å². The molecule has 1 saturated carbocycles. The minimum absolute atomic E-state index is 0.0361. The maximum atomic E-state index is 13.0. The molecule has 0 radical (unpaired) electrons. The average molecular weight is 442 g/mol. The van der Waals surface area contributed by atoms with E-state index >= 15 is 0 Å². The van der Waals surface area contributed by atoms with Gasteiger partial charge in [-0.2, -0.15) is 0 Å². The molecule has 0 unspecified atom stereocenters. The molecule has 1 aromatic carbocycles. The molecule has 1 aliphatic carbocycles. The molecule has 0 aliphatic heterocycles. The molecule has 2 heterocycles. The molecule has 0 N–H and O–H groups in total. The first-order valence-electron chi connectivity index (χ1n) is 11.4. The van der Waals surface area contributed by atoms with Crippen molar-refractivity contribution in [1.82, 2.24) is 24.1 Å². The fraction of sp³-hybridized carbons (Fsp3) is 0.565. The van der Waals surface area contributed by atoms with E-state index in [-0.39, 0.29) is 11.5 Å². The van der Waals surface area contributed by atoms with Gasteiger partial charge in [0.25, 0.3) is 5.56 Å². The van der Waals surface area contributed by atoms with Crippen LogP contribution in [0.4, 0.5) is 0 Å². The third-order valence-corrected chi connectivity index (χ3v) is 7.13. The number of aromatic nitrogens is 4. The smallest absolute Gasteiger partial charge is 0.262 e. The third-order valence-electron chi connectivity index (χ3n) is 6.21. The van der Waals surface area contributed by atoms with Crippen LogP contribution in [0.1, 0.15) is 58.8 Å². The first-order valence-corrected chi connectivity index (χ1v) is 12.4. The fourth-order valence-electron chi connectivity index (χ4n) is 4.58. The molecule has 0 saturated heterocycles. The highest BCUT2D eigenvalue weighted by molar-refractivity contribution is 7.99. The van der Waals surface area contributed by atoms with Gasteiger partial charge in [-0.25, -0.2) is 0 Å².